The zero-order valence-electron chi connectivity index (χ0n) is 21.1. The van der Waals surface area contributed by atoms with Crippen molar-refractivity contribution < 1.29 is 19.4 Å². The molecule has 3 rings (SSSR count). The van der Waals surface area contributed by atoms with Crippen molar-refractivity contribution in [1.82, 2.24) is 0 Å². The number of allylic oxidation sites excluding steroid dienone is 3. The summed E-state index contributed by atoms with van der Waals surface area (Å²) in [5.41, 5.74) is 2.73. The molecule has 0 spiro atoms. The molecule has 184 valence electrons. The fraction of sp³-hybridized carbons (Fsp3) is 0.286. The SMILES string of the molecule is C/C=C\C.C=CCC.CC.COc1ccc(/C=C/C(=O)Nc2cccc3c2NC(=O)C3)cc1O. The number of phenols is 1. The summed E-state index contributed by atoms with van der Waals surface area (Å²) < 4.78 is 4.97. The molecule has 3 N–H and O–H groups in total. The minimum Gasteiger partial charge on any atom is -0.504 e. The Morgan fingerprint density at radius 3 is 2.38 bits per heavy atom. The van der Waals surface area contributed by atoms with E-state index in [2.05, 4.69) is 24.1 Å². The fourth-order valence-electron chi connectivity index (χ4n) is 2.51. The van der Waals surface area contributed by atoms with Crippen LogP contribution in [0, 0.1) is 0 Å². The Morgan fingerprint density at radius 1 is 1.21 bits per heavy atom. The van der Waals surface area contributed by atoms with Crippen molar-refractivity contribution in [1.29, 1.82) is 0 Å². The minimum absolute atomic E-state index is 0.00338. The Bertz CT molecular complexity index is 974. The van der Waals surface area contributed by atoms with Crippen LogP contribution in [0.5, 0.6) is 11.5 Å². The van der Waals surface area contributed by atoms with Crippen LogP contribution < -0.4 is 15.4 Å². The van der Waals surface area contributed by atoms with E-state index in [0.717, 1.165) is 12.0 Å². The number of phenolic OH excluding ortho intramolecular Hbond substituents is 1. The van der Waals surface area contributed by atoms with Crippen LogP contribution in [0.25, 0.3) is 6.08 Å². The Labute approximate surface area is 204 Å². The normalized spacial score (nSPS) is 11.1. The van der Waals surface area contributed by atoms with Gasteiger partial charge < -0.3 is 20.5 Å². The van der Waals surface area contributed by atoms with Gasteiger partial charge in [0.15, 0.2) is 11.5 Å². The van der Waals surface area contributed by atoms with Gasteiger partial charge >= 0.3 is 0 Å². The van der Waals surface area contributed by atoms with Crippen LogP contribution in [0.1, 0.15) is 52.2 Å². The number of anilines is 2. The number of rotatable bonds is 5. The van der Waals surface area contributed by atoms with Crippen LogP contribution in [0.15, 0.2) is 67.3 Å². The van der Waals surface area contributed by atoms with Gasteiger partial charge in [0.25, 0.3) is 0 Å². The van der Waals surface area contributed by atoms with E-state index in [1.54, 1.807) is 30.3 Å². The molecular weight excluding hydrogens is 428 g/mol. The Hall–Kier alpha value is -3.80. The molecule has 6 nitrogen and oxygen atoms in total. The number of aromatic hydroxyl groups is 1. The van der Waals surface area contributed by atoms with Gasteiger partial charge in [-0.25, -0.2) is 0 Å². The predicted octanol–water partition coefficient (Wildman–Crippen LogP) is 6.74. The number of hydrogen-bond donors (Lipinski definition) is 3. The predicted molar refractivity (Wildman–Crippen MR) is 143 cm³/mol. The van der Waals surface area contributed by atoms with E-state index >= 15 is 0 Å². The number of nitrogens with one attached hydrogen (secondary N) is 2. The first-order chi connectivity index (χ1) is 16.4. The average Bonchev–Trinajstić information content (AvgIpc) is 3.25. The zero-order chi connectivity index (χ0) is 25.9. The van der Waals surface area contributed by atoms with E-state index in [1.165, 1.54) is 19.3 Å². The molecule has 2 amide bonds. The van der Waals surface area contributed by atoms with E-state index in [1.807, 2.05) is 52.0 Å². The third kappa shape index (κ3) is 10.7. The van der Waals surface area contributed by atoms with Crippen molar-refractivity contribution in [3.63, 3.8) is 0 Å². The van der Waals surface area contributed by atoms with Gasteiger partial charge in [-0.2, -0.15) is 0 Å². The number of benzene rings is 2. The summed E-state index contributed by atoms with van der Waals surface area (Å²) in [6, 6.07) is 10.2. The maximum Gasteiger partial charge on any atom is 0.248 e. The van der Waals surface area contributed by atoms with E-state index in [4.69, 9.17) is 4.74 Å². The van der Waals surface area contributed by atoms with Gasteiger partial charge in [0.1, 0.15) is 0 Å². The van der Waals surface area contributed by atoms with Crippen LogP contribution >= 0.6 is 0 Å². The van der Waals surface area contributed by atoms with Gasteiger partial charge in [0.2, 0.25) is 11.8 Å². The standard InChI is InChI=1S/C18H16N2O4.2C4H8.C2H6/c1-24-15-7-5-11(9-14(15)21)6-8-16(22)19-13-4-2-3-12-10-17(23)20-18(12)13;2*1-3-4-2;1-2/h2-9,21H,10H2,1H3,(H,19,22)(H,20,23);3-4H,1-2H3;3H,1,4H2,2H3;1-2H3/b8-6+;4-3-;;. The minimum atomic E-state index is -0.333. The first-order valence-electron chi connectivity index (χ1n) is 11.4. The lowest BCUT2D eigenvalue weighted by Gasteiger charge is -2.08. The van der Waals surface area contributed by atoms with Crippen molar-refractivity contribution in [2.75, 3.05) is 17.7 Å². The fourth-order valence-corrected chi connectivity index (χ4v) is 2.51. The molecule has 0 fully saturated rings. The first-order valence-corrected chi connectivity index (χ1v) is 11.4. The molecule has 6 heteroatoms. The number of amides is 2. The molecule has 0 radical (unpaired) electrons. The quantitative estimate of drug-likeness (QED) is 0.336. The van der Waals surface area contributed by atoms with Crippen LogP contribution in [0.4, 0.5) is 11.4 Å². The Balaban J connectivity index is 0.000000934. The molecule has 0 bridgehead atoms. The molecule has 0 saturated carbocycles. The molecule has 2 aromatic carbocycles. The molecule has 0 unspecified atom stereocenters. The number of fused-ring (bicyclic) bond motifs is 1. The molecule has 0 aromatic heterocycles. The summed E-state index contributed by atoms with van der Waals surface area (Å²) in [7, 11) is 1.47. The van der Waals surface area contributed by atoms with Crippen LogP contribution in [0.2, 0.25) is 0 Å². The van der Waals surface area contributed by atoms with Crippen LogP contribution in [0.3, 0.4) is 0 Å². The smallest absolute Gasteiger partial charge is 0.248 e. The molecule has 1 aliphatic heterocycles. The van der Waals surface area contributed by atoms with E-state index in [9.17, 15) is 14.7 Å². The van der Waals surface area contributed by atoms with Gasteiger partial charge in [-0.05, 0) is 55.7 Å². The van der Waals surface area contributed by atoms with Crippen molar-refractivity contribution in [3.05, 3.63) is 78.4 Å². The van der Waals surface area contributed by atoms with E-state index in [0.29, 0.717) is 29.1 Å². The first kappa shape index (κ1) is 30.2. The van der Waals surface area contributed by atoms with Crippen molar-refractivity contribution >= 4 is 29.3 Å². The van der Waals surface area contributed by atoms with Crippen molar-refractivity contribution in [2.24, 2.45) is 0 Å². The second kappa shape index (κ2) is 17.7. The van der Waals surface area contributed by atoms with Gasteiger partial charge in [-0.1, -0.05) is 57.2 Å². The highest BCUT2D eigenvalue weighted by atomic mass is 16.5. The zero-order valence-corrected chi connectivity index (χ0v) is 21.1. The molecule has 0 saturated heterocycles. The highest BCUT2D eigenvalue weighted by Gasteiger charge is 2.20. The summed E-state index contributed by atoms with van der Waals surface area (Å²) >= 11 is 0. The Kier molecular flexibility index (Phi) is 15.7. The van der Waals surface area contributed by atoms with Crippen molar-refractivity contribution in [3.8, 4) is 11.5 Å². The summed E-state index contributed by atoms with van der Waals surface area (Å²) in [6.07, 6.45) is 10.2. The number of para-hydroxylation sites is 1. The molecule has 34 heavy (non-hydrogen) atoms. The lowest BCUT2D eigenvalue weighted by molar-refractivity contribution is -0.115. The number of ether oxygens (including phenoxy) is 1. The van der Waals surface area contributed by atoms with E-state index < -0.39 is 0 Å². The van der Waals surface area contributed by atoms with Gasteiger partial charge in [-0.3, -0.25) is 9.59 Å². The third-order valence-electron chi connectivity index (χ3n) is 4.28. The largest absolute Gasteiger partial charge is 0.504 e. The number of carbonyl (C=O) groups excluding carboxylic acids is 2. The second-order valence-electron chi connectivity index (χ2n) is 6.68. The highest BCUT2D eigenvalue weighted by Crippen LogP contribution is 2.31. The molecule has 0 aliphatic carbocycles. The van der Waals surface area contributed by atoms with Crippen LogP contribution in [-0.4, -0.2) is 24.0 Å². The number of carbonyl (C=O) groups is 2. The molecule has 1 heterocycles. The lowest BCUT2D eigenvalue weighted by Crippen LogP contribution is -2.10. The number of hydrogen-bond acceptors (Lipinski definition) is 4. The molecule has 1 aliphatic rings. The average molecular weight is 467 g/mol. The highest BCUT2D eigenvalue weighted by molar-refractivity contribution is 6.08. The molecular formula is C28H38N2O4. The van der Waals surface area contributed by atoms with E-state index in [-0.39, 0.29) is 17.6 Å². The second-order valence-corrected chi connectivity index (χ2v) is 6.68. The molecule has 2 aromatic rings. The lowest BCUT2D eigenvalue weighted by atomic mass is 10.1. The maximum absolute atomic E-state index is 12.1. The van der Waals surface area contributed by atoms with Crippen molar-refractivity contribution in [2.45, 2.75) is 47.5 Å². The summed E-state index contributed by atoms with van der Waals surface area (Å²) in [5.74, 6) is -0.0494. The monoisotopic (exact) mass is 466 g/mol. The topological polar surface area (TPSA) is 87.7 Å². The van der Waals surface area contributed by atoms with Gasteiger partial charge in [0.05, 0.1) is 24.9 Å². The summed E-state index contributed by atoms with van der Waals surface area (Å²) in [5, 5.41) is 15.2. The summed E-state index contributed by atoms with van der Waals surface area (Å²) in [4.78, 5) is 23.5. The van der Waals surface area contributed by atoms with Gasteiger partial charge in [-0.15, -0.1) is 6.58 Å². The Morgan fingerprint density at radius 2 is 1.85 bits per heavy atom. The number of methoxy groups -OCH3 is 1. The van der Waals surface area contributed by atoms with Crippen LogP contribution in [-0.2, 0) is 16.0 Å². The van der Waals surface area contributed by atoms with Gasteiger partial charge in [0, 0.05) is 6.08 Å². The maximum atomic E-state index is 12.1. The summed E-state index contributed by atoms with van der Waals surface area (Å²) in [6.45, 7) is 13.5. The molecule has 0 atom stereocenters. The third-order valence-corrected chi connectivity index (χ3v) is 4.28.